The van der Waals surface area contributed by atoms with Gasteiger partial charge in [0.25, 0.3) is 5.91 Å². The maximum atomic E-state index is 13.7. The van der Waals surface area contributed by atoms with Crippen molar-refractivity contribution in [3.05, 3.63) is 51.4 Å². The fraction of sp³-hybridized carbons (Fsp3) is 0.143. The van der Waals surface area contributed by atoms with Crippen LogP contribution in [0.25, 0.3) is 6.08 Å². The summed E-state index contributed by atoms with van der Waals surface area (Å²) in [6.45, 7) is 1.56. The van der Waals surface area contributed by atoms with Crippen LogP contribution in [0.5, 0.6) is 0 Å². The minimum Gasteiger partial charge on any atom is -0.465 e. The van der Waals surface area contributed by atoms with Gasteiger partial charge in [-0.05, 0) is 25.1 Å². The van der Waals surface area contributed by atoms with Gasteiger partial charge in [-0.15, -0.1) is 0 Å². The summed E-state index contributed by atoms with van der Waals surface area (Å²) in [6.07, 6.45) is 1.25. The van der Waals surface area contributed by atoms with Gasteiger partial charge in [-0.25, -0.2) is 9.18 Å². The fourth-order valence-electron chi connectivity index (χ4n) is 1.91. The van der Waals surface area contributed by atoms with Crippen LogP contribution in [0.1, 0.15) is 12.5 Å². The van der Waals surface area contributed by atoms with E-state index in [1.54, 1.807) is 6.92 Å². The molecule has 0 fully saturated rings. The summed E-state index contributed by atoms with van der Waals surface area (Å²) in [7, 11) is 1.21. The molecule has 1 aliphatic heterocycles. The zero-order chi connectivity index (χ0) is 14.9. The van der Waals surface area contributed by atoms with Crippen LogP contribution in [-0.2, 0) is 14.3 Å². The summed E-state index contributed by atoms with van der Waals surface area (Å²) in [5.41, 5.74) is 0.522. The van der Waals surface area contributed by atoms with E-state index in [0.29, 0.717) is 5.70 Å². The van der Waals surface area contributed by atoms with E-state index in [9.17, 15) is 14.0 Å². The van der Waals surface area contributed by atoms with Crippen LogP contribution in [0.15, 0.2) is 35.0 Å². The first-order valence-electron chi connectivity index (χ1n) is 5.72. The van der Waals surface area contributed by atoms with Crippen LogP contribution in [0.2, 0.25) is 5.02 Å². The Labute approximate surface area is 119 Å². The minimum absolute atomic E-state index is 0.0290. The van der Waals surface area contributed by atoms with Crippen LogP contribution in [-0.4, -0.2) is 19.0 Å². The van der Waals surface area contributed by atoms with Crippen molar-refractivity contribution in [3.8, 4) is 0 Å². The van der Waals surface area contributed by atoms with Crippen LogP contribution in [0.3, 0.4) is 0 Å². The van der Waals surface area contributed by atoms with Gasteiger partial charge in [-0.1, -0.05) is 17.7 Å². The zero-order valence-corrected chi connectivity index (χ0v) is 11.5. The number of carbonyl (C=O) groups excluding carboxylic acids is 2. The van der Waals surface area contributed by atoms with Crippen molar-refractivity contribution in [1.82, 2.24) is 5.32 Å². The minimum atomic E-state index is -0.667. The Hall–Kier alpha value is -2.14. The Kier molecular flexibility index (Phi) is 3.90. The molecule has 1 aliphatic rings. The quantitative estimate of drug-likeness (QED) is 0.673. The molecule has 4 nitrogen and oxygen atoms in total. The number of amides is 1. The molecule has 1 aromatic rings. The predicted molar refractivity (Wildman–Crippen MR) is 72.2 cm³/mol. The molecular weight excluding hydrogens is 285 g/mol. The second-order valence-electron chi connectivity index (χ2n) is 4.14. The lowest BCUT2D eigenvalue weighted by Crippen LogP contribution is -2.15. The third kappa shape index (κ3) is 2.44. The molecule has 2 rings (SSSR count). The van der Waals surface area contributed by atoms with Gasteiger partial charge in [0.2, 0.25) is 0 Å². The lowest BCUT2D eigenvalue weighted by molar-refractivity contribution is -0.136. The highest BCUT2D eigenvalue weighted by Gasteiger charge is 2.31. The summed E-state index contributed by atoms with van der Waals surface area (Å²) >= 11 is 5.90. The maximum Gasteiger partial charge on any atom is 0.340 e. The third-order valence-electron chi connectivity index (χ3n) is 2.87. The first kappa shape index (κ1) is 14.3. The number of ether oxygens (including phenoxy) is 1. The number of benzene rings is 1. The van der Waals surface area contributed by atoms with E-state index < -0.39 is 17.7 Å². The van der Waals surface area contributed by atoms with E-state index in [2.05, 4.69) is 10.1 Å². The summed E-state index contributed by atoms with van der Waals surface area (Å²) in [4.78, 5) is 23.5. The van der Waals surface area contributed by atoms with Gasteiger partial charge in [0.15, 0.2) is 0 Å². The van der Waals surface area contributed by atoms with Gasteiger partial charge < -0.3 is 10.1 Å². The van der Waals surface area contributed by atoms with E-state index in [0.717, 1.165) is 0 Å². The van der Waals surface area contributed by atoms with Crippen molar-refractivity contribution < 1.29 is 18.7 Å². The average molecular weight is 296 g/mol. The predicted octanol–water partition coefficient (Wildman–Crippen LogP) is 2.44. The molecule has 0 aromatic heterocycles. The van der Waals surface area contributed by atoms with Gasteiger partial charge in [0.1, 0.15) is 5.82 Å². The molecule has 20 heavy (non-hydrogen) atoms. The number of rotatable bonds is 2. The Bertz CT molecular complexity index is 644. The SMILES string of the molecule is COC(=O)C1=C(C)NC(=O)C1=Cc1c(F)cccc1Cl. The molecule has 0 atom stereocenters. The molecule has 1 amide bonds. The smallest absolute Gasteiger partial charge is 0.340 e. The number of methoxy groups -OCH3 is 1. The second-order valence-corrected chi connectivity index (χ2v) is 4.55. The Morgan fingerprint density at radius 1 is 1.45 bits per heavy atom. The van der Waals surface area contributed by atoms with Crippen LogP contribution >= 0.6 is 11.6 Å². The summed E-state index contributed by atoms with van der Waals surface area (Å²) in [6, 6.07) is 4.18. The molecule has 6 heteroatoms. The van der Waals surface area contributed by atoms with Gasteiger partial charge in [-0.2, -0.15) is 0 Å². The Morgan fingerprint density at radius 3 is 2.75 bits per heavy atom. The first-order valence-corrected chi connectivity index (χ1v) is 6.10. The Morgan fingerprint density at radius 2 is 2.15 bits per heavy atom. The largest absolute Gasteiger partial charge is 0.465 e. The molecule has 0 saturated carbocycles. The third-order valence-corrected chi connectivity index (χ3v) is 3.20. The molecule has 0 spiro atoms. The van der Waals surface area contributed by atoms with Crippen molar-refractivity contribution >= 4 is 29.6 Å². The van der Waals surface area contributed by atoms with E-state index in [1.807, 2.05) is 0 Å². The monoisotopic (exact) mass is 295 g/mol. The fourth-order valence-corrected chi connectivity index (χ4v) is 2.13. The number of nitrogens with one attached hydrogen (secondary N) is 1. The van der Waals surface area contributed by atoms with Crippen molar-refractivity contribution in [3.63, 3.8) is 0 Å². The topological polar surface area (TPSA) is 55.4 Å². The summed E-state index contributed by atoms with van der Waals surface area (Å²) < 4.78 is 18.4. The van der Waals surface area contributed by atoms with Crippen LogP contribution in [0.4, 0.5) is 4.39 Å². The highest BCUT2D eigenvalue weighted by molar-refractivity contribution is 6.32. The molecule has 1 N–H and O–H groups in total. The molecular formula is C14H11ClFNO3. The molecule has 0 radical (unpaired) electrons. The number of carbonyl (C=O) groups is 2. The van der Waals surface area contributed by atoms with Gasteiger partial charge in [-0.3, -0.25) is 4.79 Å². The molecule has 0 bridgehead atoms. The number of hydrogen-bond acceptors (Lipinski definition) is 3. The molecule has 0 unspecified atom stereocenters. The van der Waals surface area contributed by atoms with E-state index in [4.69, 9.17) is 11.6 Å². The Balaban J connectivity index is 2.58. The van der Waals surface area contributed by atoms with E-state index >= 15 is 0 Å². The number of halogens is 2. The normalized spacial score (nSPS) is 16.6. The van der Waals surface area contributed by atoms with E-state index in [-0.39, 0.29) is 21.7 Å². The second kappa shape index (κ2) is 5.46. The van der Waals surface area contributed by atoms with Crippen molar-refractivity contribution in [1.29, 1.82) is 0 Å². The molecule has 0 aliphatic carbocycles. The molecule has 1 heterocycles. The van der Waals surface area contributed by atoms with Crippen molar-refractivity contribution in [2.45, 2.75) is 6.92 Å². The lowest BCUT2D eigenvalue weighted by Gasteiger charge is -2.04. The average Bonchev–Trinajstić information content (AvgIpc) is 2.67. The zero-order valence-electron chi connectivity index (χ0n) is 10.8. The standard InChI is InChI=1S/C14H11ClFNO3/c1-7-12(14(19)20-2)9(13(18)17-7)6-8-10(15)4-3-5-11(8)16/h3-6H,1-2H3,(H,17,18). The lowest BCUT2D eigenvalue weighted by atomic mass is 10.0. The molecule has 1 aromatic carbocycles. The van der Waals surface area contributed by atoms with Crippen LogP contribution in [0, 0.1) is 5.82 Å². The number of esters is 1. The first-order chi connectivity index (χ1) is 9.45. The van der Waals surface area contributed by atoms with Gasteiger partial charge in [0.05, 0.1) is 23.3 Å². The molecule has 0 saturated heterocycles. The van der Waals surface area contributed by atoms with Crippen LogP contribution < -0.4 is 5.32 Å². The van der Waals surface area contributed by atoms with Gasteiger partial charge in [0, 0.05) is 11.3 Å². The molecule has 104 valence electrons. The number of allylic oxidation sites excluding steroid dienone is 1. The highest BCUT2D eigenvalue weighted by atomic mass is 35.5. The highest BCUT2D eigenvalue weighted by Crippen LogP contribution is 2.28. The number of hydrogen-bond donors (Lipinski definition) is 1. The van der Waals surface area contributed by atoms with Crippen molar-refractivity contribution in [2.75, 3.05) is 7.11 Å². The van der Waals surface area contributed by atoms with Gasteiger partial charge >= 0.3 is 5.97 Å². The van der Waals surface area contributed by atoms with Crippen molar-refractivity contribution in [2.24, 2.45) is 0 Å². The van der Waals surface area contributed by atoms with E-state index in [1.165, 1.54) is 31.4 Å². The summed E-state index contributed by atoms with van der Waals surface area (Å²) in [5, 5.41) is 2.65. The summed E-state index contributed by atoms with van der Waals surface area (Å²) in [5.74, 6) is -1.74. The maximum absolute atomic E-state index is 13.7.